The molecule has 0 unspecified atom stereocenters. The van der Waals surface area contributed by atoms with Gasteiger partial charge < -0.3 is 11.1 Å². The Bertz CT molecular complexity index is 407. The van der Waals surface area contributed by atoms with Gasteiger partial charge in [0, 0.05) is 11.8 Å². The van der Waals surface area contributed by atoms with Crippen molar-refractivity contribution in [1.29, 1.82) is 0 Å². The van der Waals surface area contributed by atoms with Crippen LogP contribution in [0.25, 0.3) is 0 Å². The second-order valence-corrected chi connectivity index (χ2v) is 4.40. The third kappa shape index (κ3) is 4.56. The van der Waals surface area contributed by atoms with Crippen molar-refractivity contribution in [3.05, 3.63) is 29.8 Å². The minimum absolute atomic E-state index is 0.0975. The lowest BCUT2D eigenvalue weighted by atomic mass is 10.1. The molecule has 0 atom stereocenters. The van der Waals surface area contributed by atoms with Gasteiger partial charge >= 0.3 is 0 Å². The quantitative estimate of drug-likeness (QED) is 0.625. The van der Waals surface area contributed by atoms with Crippen LogP contribution in [0.3, 0.4) is 0 Å². The molecule has 1 aromatic rings. The van der Waals surface area contributed by atoms with E-state index < -0.39 is 5.91 Å². The Morgan fingerprint density at radius 1 is 1.24 bits per heavy atom. The first kappa shape index (κ1) is 13.7. The van der Waals surface area contributed by atoms with Crippen LogP contribution in [0.5, 0.6) is 0 Å². The Morgan fingerprint density at radius 3 is 2.59 bits per heavy atom. The van der Waals surface area contributed by atoms with E-state index in [-0.39, 0.29) is 5.91 Å². The lowest BCUT2D eigenvalue weighted by Gasteiger charge is -2.08. The average molecular weight is 299 g/mol. The fourth-order valence-corrected chi connectivity index (χ4v) is 1.80. The SMILES string of the molecule is NC(=O)c1ccccc1NC(=O)CCCCBr. The molecular weight excluding hydrogens is 284 g/mol. The van der Waals surface area contributed by atoms with Gasteiger partial charge in [-0.2, -0.15) is 0 Å². The van der Waals surface area contributed by atoms with E-state index in [1.807, 2.05) is 0 Å². The van der Waals surface area contributed by atoms with Crippen LogP contribution in [-0.4, -0.2) is 17.1 Å². The number of nitrogens with one attached hydrogen (secondary N) is 1. The molecule has 0 aromatic heterocycles. The molecule has 1 rings (SSSR count). The van der Waals surface area contributed by atoms with E-state index in [1.54, 1.807) is 24.3 Å². The maximum absolute atomic E-state index is 11.6. The summed E-state index contributed by atoms with van der Waals surface area (Å²) in [7, 11) is 0. The Morgan fingerprint density at radius 2 is 1.94 bits per heavy atom. The van der Waals surface area contributed by atoms with Gasteiger partial charge in [-0.15, -0.1) is 0 Å². The van der Waals surface area contributed by atoms with Crippen molar-refractivity contribution >= 4 is 33.4 Å². The van der Waals surface area contributed by atoms with Crippen LogP contribution in [0.2, 0.25) is 0 Å². The second kappa shape index (κ2) is 7.06. The van der Waals surface area contributed by atoms with E-state index >= 15 is 0 Å². The van der Waals surface area contributed by atoms with Gasteiger partial charge in [0.15, 0.2) is 0 Å². The number of carbonyl (C=O) groups is 2. The van der Waals surface area contributed by atoms with Crippen molar-refractivity contribution in [3.63, 3.8) is 0 Å². The van der Waals surface area contributed by atoms with Crippen molar-refractivity contribution in [3.8, 4) is 0 Å². The first-order valence-electron chi connectivity index (χ1n) is 5.40. The molecule has 0 saturated heterocycles. The number of primary amides is 1. The predicted molar refractivity (Wildman–Crippen MR) is 71.2 cm³/mol. The first-order chi connectivity index (χ1) is 8.15. The van der Waals surface area contributed by atoms with Gasteiger partial charge in [-0.1, -0.05) is 28.1 Å². The molecule has 5 heteroatoms. The number of halogens is 1. The molecule has 0 fully saturated rings. The summed E-state index contributed by atoms with van der Waals surface area (Å²) in [5.74, 6) is -0.638. The number of hydrogen-bond donors (Lipinski definition) is 2. The molecule has 17 heavy (non-hydrogen) atoms. The number of anilines is 1. The molecule has 0 radical (unpaired) electrons. The summed E-state index contributed by atoms with van der Waals surface area (Å²) >= 11 is 3.30. The van der Waals surface area contributed by atoms with Crippen LogP contribution in [-0.2, 0) is 4.79 Å². The lowest BCUT2D eigenvalue weighted by molar-refractivity contribution is -0.116. The molecule has 92 valence electrons. The highest BCUT2D eigenvalue weighted by molar-refractivity contribution is 9.09. The van der Waals surface area contributed by atoms with Gasteiger partial charge in [0.05, 0.1) is 11.3 Å². The summed E-state index contributed by atoms with van der Waals surface area (Å²) in [6.07, 6.45) is 2.21. The fourth-order valence-electron chi connectivity index (χ4n) is 1.40. The van der Waals surface area contributed by atoms with E-state index in [1.165, 1.54) is 0 Å². The summed E-state index contributed by atoms with van der Waals surface area (Å²) in [6, 6.07) is 6.72. The number of unbranched alkanes of at least 4 members (excludes halogenated alkanes) is 1. The average Bonchev–Trinajstić information content (AvgIpc) is 2.29. The van der Waals surface area contributed by atoms with Crippen LogP contribution >= 0.6 is 15.9 Å². The van der Waals surface area contributed by atoms with Gasteiger partial charge in [-0.3, -0.25) is 9.59 Å². The number of benzene rings is 1. The van der Waals surface area contributed by atoms with E-state index in [2.05, 4.69) is 21.2 Å². The van der Waals surface area contributed by atoms with Crippen molar-refractivity contribution in [2.75, 3.05) is 10.6 Å². The van der Waals surface area contributed by atoms with Gasteiger partial charge in [0.2, 0.25) is 5.91 Å². The lowest BCUT2D eigenvalue weighted by Crippen LogP contribution is -2.17. The van der Waals surface area contributed by atoms with Crippen molar-refractivity contribution in [2.24, 2.45) is 5.73 Å². The molecule has 3 N–H and O–H groups in total. The topological polar surface area (TPSA) is 72.2 Å². The molecular formula is C12H15BrN2O2. The van der Waals surface area contributed by atoms with Crippen LogP contribution in [0, 0.1) is 0 Å². The Hall–Kier alpha value is -1.36. The third-order valence-corrected chi connectivity index (χ3v) is 2.81. The van der Waals surface area contributed by atoms with Crippen LogP contribution in [0.4, 0.5) is 5.69 Å². The van der Waals surface area contributed by atoms with E-state index in [0.29, 0.717) is 17.7 Å². The van der Waals surface area contributed by atoms with Crippen LogP contribution < -0.4 is 11.1 Å². The number of amides is 2. The highest BCUT2D eigenvalue weighted by Gasteiger charge is 2.09. The number of nitrogens with two attached hydrogens (primary N) is 1. The Labute approximate surface area is 109 Å². The van der Waals surface area contributed by atoms with E-state index in [9.17, 15) is 9.59 Å². The Kier molecular flexibility index (Phi) is 5.69. The van der Waals surface area contributed by atoms with Crippen molar-refractivity contribution in [1.82, 2.24) is 0 Å². The van der Waals surface area contributed by atoms with Gasteiger partial charge in [-0.25, -0.2) is 0 Å². The highest BCUT2D eigenvalue weighted by Crippen LogP contribution is 2.14. The molecule has 0 aliphatic carbocycles. The van der Waals surface area contributed by atoms with Gasteiger partial charge in [-0.05, 0) is 25.0 Å². The molecule has 2 amide bonds. The normalized spacial score (nSPS) is 9.94. The standard InChI is InChI=1S/C12H15BrN2O2/c13-8-4-3-7-11(16)15-10-6-2-1-5-9(10)12(14)17/h1-2,5-6H,3-4,7-8H2,(H2,14,17)(H,15,16). The number of rotatable bonds is 6. The second-order valence-electron chi connectivity index (χ2n) is 3.60. The predicted octanol–water partition coefficient (Wildman–Crippen LogP) is 2.29. The first-order valence-corrected chi connectivity index (χ1v) is 6.52. The summed E-state index contributed by atoms with van der Waals surface area (Å²) < 4.78 is 0. The van der Waals surface area contributed by atoms with Crippen LogP contribution in [0.15, 0.2) is 24.3 Å². The zero-order chi connectivity index (χ0) is 12.7. The number of carbonyl (C=O) groups excluding carboxylic acids is 2. The number of para-hydroxylation sites is 1. The van der Waals surface area contributed by atoms with Gasteiger partial charge in [0.1, 0.15) is 0 Å². The molecule has 0 aliphatic heterocycles. The fraction of sp³-hybridized carbons (Fsp3) is 0.333. The minimum atomic E-state index is -0.540. The van der Waals surface area contributed by atoms with E-state index in [0.717, 1.165) is 18.2 Å². The van der Waals surface area contributed by atoms with Crippen molar-refractivity contribution in [2.45, 2.75) is 19.3 Å². The molecule has 4 nitrogen and oxygen atoms in total. The summed E-state index contributed by atoms with van der Waals surface area (Å²) in [6.45, 7) is 0. The summed E-state index contributed by atoms with van der Waals surface area (Å²) in [5.41, 5.74) is 6.03. The van der Waals surface area contributed by atoms with Crippen LogP contribution in [0.1, 0.15) is 29.6 Å². The third-order valence-electron chi connectivity index (χ3n) is 2.25. The van der Waals surface area contributed by atoms with Crippen molar-refractivity contribution < 1.29 is 9.59 Å². The number of alkyl halides is 1. The zero-order valence-corrected chi connectivity index (χ0v) is 11.0. The molecule has 0 heterocycles. The molecule has 0 aliphatic rings. The molecule has 0 spiro atoms. The Balaban J connectivity index is 2.61. The minimum Gasteiger partial charge on any atom is -0.366 e. The summed E-state index contributed by atoms with van der Waals surface area (Å²) in [5, 5.41) is 3.58. The largest absolute Gasteiger partial charge is 0.366 e. The smallest absolute Gasteiger partial charge is 0.250 e. The zero-order valence-electron chi connectivity index (χ0n) is 9.41. The van der Waals surface area contributed by atoms with E-state index in [4.69, 9.17) is 5.73 Å². The monoisotopic (exact) mass is 298 g/mol. The summed E-state index contributed by atoms with van der Waals surface area (Å²) in [4.78, 5) is 22.7. The maximum Gasteiger partial charge on any atom is 0.250 e. The molecule has 0 saturated carbocycles. The van der Waals surface area contributed by atoms with Gasteiger partial charge in [0.25, 0.3) is 5.91 Å². The molecule has 0 bridgehead atoms. The maximum atomic E-state index is 11.6. The highest BCUT2D eigenvalue weighted by atomic mass is 79.9. The molecule has 1 aromatic carbocycles. The number of hydrogen-bond acceptors (Lipinski definition) is 2.